The van der Waals surface area contributed by atoms with Gasteiger partial charge in [-0.15, -0.1) is 0 Å². The van der Waals surface area contributed by atoms with Crippen LogP contribution < -0.4 is 5.32 Å². The van der Waals surface area contributed by atoms with Crippen LogP contribution in [-0.4, -0.2) is 6.29 Å². The van der Waals surface area contributed by atoms with Crippen LogP contribution >= 0.6 is 0 Å². The summed E-state index contributed by atoms with van der Waals surface area (Å²) in [7, 11) is 0. The van der Waals surface area contributed by atoms with Gasteiger partial charge in [0.15, 0.2) is 0 Å². The van der Waals surface area contributed by atoms with Crippen LogP contribution in [0.3, 0.4) is 0 Å². The van der Waals surface area contributed by atoms with Crippen molar-refractivity contribution >= 4 is 6.29 Å². The monoisotopic (exact) mass is 149 g/mol. The highest BCUT2D eigenvalue weighted by Crippen LogP contribution is 2.02. The molecular formula is C9H11NO. The van der Waals surface area contributed by atoms with Crippen molar-refractivity contribution < 1.29 is 4.79 Å². The lowest BCUT2D eigenvalue weighted by atomic mass is 10.2. The second kappa shape index (κ2) is 4.50. The minimum atomic E-state index is 0.584. The largest absolute Gasteiger partial charge is 0.365 e. The third kappa shape index (κ3) is 2.85. The fourth-order valence-electron chi connectivity index (χ4n) is 0.865. The summed E-state index contributed by atoms with van der Waals surface area (Å²) in [5, 5.41) is 3.08. The molecule has 0 saturated heterocycles. The summed E-state index contributed by atoms with van der Waals surface area (Å²) >= 11 is 0. The molecule has 1 heterocycles. The Hall–Kier alpha value is -1.31. The van der Waals surface area contributed by atoms with E-state index in [1.54, 1.807) is 0 Å². The zero-order valence-electron chi connectivity index (χ0n) is 6.29. The first-order valence-electron chi connectivity index (χ1n) is 3.66. The highest BCUT2D eigenvalue weighted by molar-refractivity contribution is 5.50. The number of allylic oxidation sites excluding steroid dienone is 5. The van der Waals surface area contributed by atoms with Crippen molar-refractivity contribution in [1.82, 2.24) is 5.32 Å². The molecule has 11 heavy (non-hydrogen) atoms. The summed E-state index contributed by atoms with van der Waals surface area (Å²) < 4.78 is 0. The molecule has 2 nitrogen and oxygen atoms in total. The quantitative estimate of drug-likeness (QED) is 0.616. The van der Waals surface area contributed by atoms with Gasteiger partial charge in [0.25, 0.3) is 0 Å². The van der Waals surface area contributed by atoms with Crippen molar-refractivity contribution in [1.29, 1.82) is 0 Å². The average Bonchev–Trinajstić information content (AvgIpc) is 2.28. The first-order valence-corrected chi connectivity index (χ1v) is 3.66. The fraction of sp³-hybridized carbons (Fsp3) is 0.222. The van der Waals surface area contributed by atoms with E-state index in [1.807, 2.05) is 30.5 Å². The van der Waals surface area contributed by atoms with Crippen molar-refractivity contribution in [2.45, 2.75) is 12.8 Å². The minimum Gasteiger partial charge on any atom is -0.365 e. The van der Waals surface area contributed by atoms with Gasteiger partial charge in [-0.25, -0.2) is 0 Å². The van der Waals surface area contributed by atoms with Gasteiger partial charge in [0.2, 0.25) is 0 Å². The van der Waals surface area contributed by atoms with E-state index in [-0.39, 0.29) is 0 Å². The van der Waals surface area contributed by atoms with Gasteiger partial charge in [-0.2, -0.15) is 0 Å². The molecular weight excluding hydrogens is 138 g/mol. The van der Waals surface area contributed by atoms with Gasteiger partial charge in [0.05, 0.1) is 0 Å². The fourth-order valence-corrected chi connectivity index (χ4v) is 0.865. The van der Waals surface area contributed by atoms with Crippen LogP contribution in [0.15, 0.2) is 36.2 Å². The molecule has 0 radical (unpaired) electrons. The number of carbonyl (C=O) groups is 1. The zero-order valence-corrected chi connectivity index (χ0v) is 6.29. The van der Waals surface area contributed by atoms with Crippen LogP contribution in [-0.2, 0) is 4.79 Å². The molecule has 1 N–H and O–H groups in total. The lowest BCUT2D eigenvalue weighted by Crippen LogP contribution is -2.03. The maximum atomic E-state index is 10.0. The Bertz CT molecular complexity index is 214. The molecule has 1 aliphatic rings. The van der Waals surface area contributed by atoms with E-state index < -0.39 is 0 Å². The molecule has 58 valence electrons. The maximum absolute atomic E-state index is 10.0. The van der Waals surface area contributed by atoms with Crippen LogP contribution in [0.5, 0.6) is 0 Å². The predicted octanol–water partition coefficient (Wildman–Crippen LogP) is 1.52. The molecule has 0 atom stereocenters. The Morgan fingerprint density at radius 2 is 2.27 bits per heavy atom. The summed E-state index contributed by atoms with van der Waals surface area (Å²) in [5.74, 6) is 0. The molecule has 0 aromatic heterocycles. The van der Waals surface area contributed by atoms with Crippen molar-refractivity contribution in [3.63, 3.8) is 0 Å². The van der Waals surface area contributed by atoms with Crippen molar-refractivity contribution in [3.05, 3.63) is 36.2 Å². The molecule has 0 spiro atoms. The third-order valence-electron chi connectivity index (χ3n) is 1.42. The Labute approximate surface area is 66.3 Å². The number of carbonyl (C=O) groups excluding carboxylic acids is 1. The van der Waals surface area contributed by atoms with Gasteiger partial charge in [0, 0.05) is 18.3 Å². The molecule has 0 amide bonds. The molecule has 0 unspecified atom stereocenters. The van der Waals surface area contributed by atoms with E-state index in [9.17, 15) is 4.79 Å². The predicted molar refractivity (Wildman–Crippen MR) is 44.8 cm³/mol. The Morgan fingerprint density at radius 1 is 1.36 bits per heavy atom. The van der Waals surface area contributed by atoms with E-state index in [0.717, 1.165) is 18.4 Å². The summed E-state index contributed by atoms with van der Waals surface area (Å²) in [6, 6.07) is 0. The van der Waals surface area contributed by atoms with Gasteiger partial charge in [-0.05, 0) is 18.6 Å². The normalized spacial score (nSPS) is 15.1. The maximum Gasteiger partial charge on any atom is 0.120 e. The Morgan fingerprint density at radius 3 is 3.09 bits per heavy atom. The first-order chi connectivity index (χ1) is 5.43. The van der Waals surface area contributed by atoms with Crippen LogP contribution in [0.1, 0.15) is 12.8 Å². The second-order valence-electron chi connectivity index (χ2n) is 2.29. The van der Waals surface area contributed by atoms with Gasteiger partial charge in [-0.3, -0.25) is 0 Å². The van der Waals surface area contributed by atoms with Gasteiger partial charge in [0.1, 0.15) is 6.29 Å². The lowest BCUT2D eigenvalue weighted by molar-refractivity contribution is -0.107. The van der Waals surface area contributed by atoms with Crippen molar-refractivity contribution in [2.24, 2.45) is 0 Å². The Kier molecular flexibility index (Phi) is 3.19. The molecule has 0 fully saturated rings. The third-order valence-corrected chi connectivity index (χ3v) is 1.42. The number of nitrogens with one attached hydrogen (secondary N) is 1. The van der Waals surface area contributed by atoms with Crippen LogP contribution in [0, 0.1) is 0 Å². The van der Waals surface area contributed by atoms with E-state index in [4.69, 9.17) is 0 Å². The summed E-state index contributed by atoms with van der Waals surface area (Å²) in [4.78, 5) is 10.0. The number of hydrogen-bond acceptors (Lipinski definition) is 2. The van der Waals surface area contributed by atoms with Gasteiger partial charge >= 0.3 is 0 Å². The topological polar surface area (TPSA) is 29.1 Å². The molecule has 0 bridgehead atoms. The van der Waals surface area contributed by atoms with E-state index >= 15 is 0 Å². The SMILES string of the molecule is O=CCCC1=CC=CC=CN1. The standard InChI is InChI=1S/C9H11NO/c11-8-4-6-9-5-2-1-3-7-10-9/h1-3,5,7-8,10H,4,6H2. The molecule has 0 saturated carbocycles. The van der Waals surface area contributed by atoms with Crippen LogP contribution in [0.4, 0.5) is 0 Å². The molecule has 2 heteroatoms. The number of aldehydes is 1. The highest BCUT2D eigenvalue weighted by atomic mass is 16.1. The molecule has 0 aromatic carbocycles. The average molecular weight is 149 g/mol. The molecule has 1 rings (SSSR count). The summed E-state index contributed by atoms with van der Waals surface area (Å²) in [6.45, 7) is 0. The van der Waals surface area contributed by atoms with Crippen LogP contribution in [0.25, 0.3) is 0 Å². The molecule has 0 aliphatic carbocycles. The smallest absolute Gasteiger partial charge is 0.120 e. The zero-order chi connectivity index (χ0) is 7.94. The number of rotatable bonds is 3. The second-order valence-corrected chi connectivity index (χ2v) is 2.29. The van der Waals surface area contributed by atoms with Gasteiger partial charge < -0.3 is 10.1 Å². The van der Waals surface area contributed by atoms with Gasteiger partial charge in [-0.1, -0.05) is 12.2 Å². The molecule has 0 aromatic rings. The first kappa shape index (κ1) is 7.79. The van der Waals surface area contributed by atoms with Crippen LogP contribution in [0.2, 0.25) is 0 Å². The number of hydrogen-bond donors (Lipinski definition) is 1. The Balaban J connectivity index is 2.44. The van der Waals surface area contributed by atoms with Crippen molar-refractivity contribution in [3.8, 4) is 0 Å². The summed E-state index contributed by atoms with van der Waals surface area (Å²) in [6.07, 6.45) is 12.0. The van der Waals surface area contributed by atoms with E-state index in [2.05, 4.69) is 5.32 Å². The van der Waals surface area contributed by atoms with E-state index in [0.29, 0.717) is 6.42 Å². The lowest BCUT2D eigenvalue weighted by Gasteiger charge is -2.01. The minimum absolute atomic E-state index is 0.584. The molecule has 1 aliphatic heterocycles. The van der Waals surface area contributed by atoms with E-state index in [1.165, 1.54) is 0 Å². The van der Waals surface area contributed by atoms with Crippen molar-refractivity contribution in [2.75, 3.05) is 0 Å². The highest BCUT2D eigenvalue weighted by Gasteiger charge is 1.92. The summed E-state index contributed by atoms with van der Waals surface area (Å²) in [5.41, 5.74) is 1.09.